The van der Waals surface area contributed by atoms with Crippen LogP contribution in [0, 0.1) is 19.3 Å². The van der Waals surface area contributed by atoms with E-state index in [4.69, 9.17) is 18.0 Å². The summed E-state index contributed by atoms with van der Waals surface area (Å²) in [6, 6.07) is 5.24. The first-order valence-corrected chi connectivity index (χ1v) is 5.66. The molecule has 4 heteroatoms. The molecule has 1 aromatic rings. The van der Waals surface area contributed by atoms with Crippen LogP contribution in [0.3, 0.4) is 0 Å². The highest BCUT2D eigenvalue weighted by molar-refractivity contribution is 6.31. The zero-order valence-corrected chi connectivity index (χ0v) is 10.6. The van der Waals surface area contributed by atoms with Crippen molar-refractivity contribution in [3.05, 3.63) is 28.8 Å². The standard InChI is InChI=1S/C13H15ClN2O/c1-4-10(3)15-8-13(17)16-12-7-11(14)6-5-9(12)2/h1,5-7,10,15H,8H2,2-3H3,(H,16,17). The number of aryl methyl sites for hydroxylation is 1. The van der Waals surface area contributed by atoms with E-state index in [0.29, 0.717) is 5.02 Å². The van der Waals surface area contributed by atoms with Gasteiger partial charge >= 0.3 is 0 Å². The number of carbonyl (C=O) groups excluding carboxylic acids is 1. The van der Waals surface area contributed by atoms with Gasteiger partial charge in [0.1, 0.15) is 0 Å². The van der Waals surface area contributed by atoms with Crippen LogP contribution < -0.4 is 10.6 Å². The first-order chi connectivity index (χ1) is 8.02. The molecule has 2 N–H and O–H groups in total. The number of hydrogen-bond donors (Lipinski definition) is 2. The number of halogens is 1. The smallest absolute Gasteiger partial charge is 0.238 e. The minimum absolute atomic E-state index is 0.124. The zero-order chi connectivity index (χ0) is 12.8. The summed E-state index contributed by atoms with van der Waals surface area (Å²) in [6.07, 6.45) is 5.19. The number of amides is 1. The number of anilines is 1. The third-order valence-corrected chi connectivity index (χ3v) is 2.53. The van der Waals surface area contributed by atoms with Gasteiger partial charge in [-0.15, -0.1) is 6.42 Å². The predicted octanol–water partition coefficient (Wildman–Crippen LogP) is 2.20. The Hall–Kier alpha value is -1.50. The second-order valence-electron chi connectivity index (χ2n) is 3.78. The van der Waals surface area contributed by atoms with Crippen LogP contribution in [-0.2, 0) is 4.79 Å². The number of terminal acetylenes is 1. The van der Waals surface area contributed by atoms with Crippen molar-refractivity contribution in [2.45, 2.75) is 19.9 Å². The third-order valence-electron chi connectivity index (χ3n) is 2.29. The number of carbonyl (C=O) groups is 1. The van der Waals surface area contributed by atoms with Crippen molar-refractivity contribution in [3.8, 4) is 12.3 Å². The van der Waals surface area contributed by atoms with Gasteiger partial charge in [0.05, 0.1) is 12.6 Å². The Morgan fingerprint density at radius 1 is 1.59 bits per heavy atom. The molecule has 0 fully saturated rings. The van der Waals surface area contributed by atoms with Gasteiger partial charge in [-0.25, -0.2) is 0 Å². The van der Waals surface area contributed by atoms with Crippen molar-refractivity contribution in [2.24, 2.45) is 0 Å². The summed E-state index contributed by atoms with van der Waals surface area (Å²) in [4.78, 5) is 11.6. The maximum absolute atomic E-state index is 11.6. The highest BCUT2D eigenvalue weighted by atomic mass is 35.5. The molecule has 0 spiro atoms. The number of nitrogens with one attached hydrogen (secondary N) is 2. The Morgan fingerprint density at radius 2 is 2.29 bits per heavy atom. The van der Waals surface area contributed by atoms with Gasteiger partial charge in [0.15, 0.2) is 0 Å². The molecular formula is C13H15ClN2O. The van der Waals surface area contributed by atoms with E-state index in [0.717, 1.165) is 11.3 Å². The van der Waals surface area contributed by atoms with Gasteiger partial charge < -0.3 is 5.32 Å². The summed E-state index contributed by atoms with van der Waals surface area (Å²) < 4.78 is 0. The van der Waals surface area contributed by atoms with E-state index in [2.05, 4.69) is 16.6 Å². The fraction of sp³-hybridized carbons (Fsp3) is 0.308. The van der Waals surface area contributed by atoms with Gasteiger partial charge in [0, 0.05) is 10.7 Å². The van der Waals surface area contributed by atoms with E-state index in [1.807, 2.05) is 19.9 Å². The quantitative estimate of drug-likeness (QED) is 0.805. The lowest BCUT2D eigenvalue weighted by Gasteiger charge is -2.10. The first kappa shape index (κ1) is 13.6. The van der Waals surface area contributed by atoms with E-state index >= 15 is 0 Å². The molecule has 0 radical (unpaired) electrons. The largest absolute Gasteiger partial charge is 0.325 e. The van der Waals surface area contributed by atoms with Gasteiger partial charge in [-0.05, 0) is 31.5 Å². The summed E-state index contributed by atoms with van der Waals surface area (Å²) in [5, 5.41) is 6.27. The molecule has 3 nitrogen and oxygen atoms in total. The van der Waals surface area contributed by atoms with Gasteiger partial charge in [-0.3, -0.25) is 10.1 Å². The van der Waals surface area contributed by atoms with Crippen LogP contribution in [0.2, 0.25) is 5.02 Å². The lowest BCUT2D eigenvalue weighted by molar-refractivity contribution is -0.115. The highest BCUT2D eigenvalue weighted by Crippen LogP contribution is 2.19. The summed E-state index contributed by atoms with van der Waals surface area (Å²) in [6.45, 7) is 3.90. The van der Waals surface area contributed by atoms with Crippen LogP contribution in [0.25, 0.3) is 0 Å². The number of hydrogen-bond acceptors (Lipinski definition) is 2. The monoisotopic (exact) mass is 250 g/mol. The van der Waals surface area contributed by atoms with Crippen molar-refractivity contribution < 1.29 is 4.79 Å². The van der Waals surface area contributed by atoms with Crippen LogP contribution in [0.5, 0.6) is 0 Å². The molecule has 1 atom stereocenters. The molecular weight excluding hydrogens is 236 g/mol. The highest BCUT2D eigenvalue weighted by Gasteiger charge is 2.06. The van der Waals surface area contributed by atoms with Crippen LogP contribution in [-0.4, -0.2) is 18.5 Å². The Morgan fingerprint density at radius 3 is 2.94 bits per heavy atom. The molecule has 0 saturated carbocycles. The molecule has 1 aromatic carbocycles. The van der Waals surface area contributed by atoms with E-state index < -0.39 is 0 Å². The molecule has 0 aromatic heterocycles. The van der Waals surface area contributed by atoms with Crippen molar-refractivity contribution >= 4 is 23.2 Å². The zero-order valence-electron chi connectivity index (χ0n) is 9.88. The van der Waals surface area contributed by atoms with Crippen LogP contribution in [0.4, 0.5) is 5.69 Å². The topological polar surface area (TPSA) is 41.1 Å². The second-order valence-corrected chi connectivity index (χ2v) is 4.21. The summed E-state index contributed by atoms with van der Waals surface area (Å²) in [5.41, 5.74) is 1.69. The molecule has 0 aliphatic heterocycles. The lowest BCUT2D eigenvalue weighted by atomic mass is 10.2. The number of benzene rings is 1. The van der Waals surface area contributed by atoms with E-state index in [-0.39, 0.29) is 18.5 Å². The van der Waals surface area contributed by atoms with Crippen molar-refractivity contribution in [1.29, 1.82) is 0 Å². The van der Waals surface area contributed by atoms with E-state index in [9.17, 15) is 4.79 Å². The molecule has 1 amide bonds. The third kappa shape index (κ3) is 4.48. The minimum atomic E-state index is -0.141. The average molecular weight is 251 g/mol. The maximum Gasteiger partial charge on any atom is 0.238 e. The Kier molecular flexibility index (Phi) is 5.02. The first-order valence-electron chi connectivity index (χ1n) is 5.28. The van der Waals surface area contributed by atoms with Crippen molar-refractivity contribution in [3.63, 3.8) is 0 Å². The molecule has 0 saturated heterocycles. The van der Waals surface area contributed by atoms with Gasteiger partial charge in [-0.2, -0.15) is 0 Å². The molecule has 1 rings (SSSR count). The van der Waals surface area contributed by atoms with Gasteiger partial charge in [0.2, 0.25) is 5.91 Å². The van der Waals surface area contributed by atoms with Gasteiger partial charge in [-0.1, -0.05) is 23.6 Å². The minimum Gasteiger partial charge on any atom is -0.325 e. The summed E-state index contributed by atoms with van der Waals surface area (Å²) >= 11 is 5.86. The van der Waals surface area contributed by atoms with Crippen molar-refractivity contribution in [1.82, 2.24) is 5.32 Å². The Labute approximate surface area is 107 Å². The predicted molar refractivity (Wildman–Crippen MR) is 71.1 cm³/mol. The molecule has 0 aliphatic rings. The van der Waals surface area contributed by atoms with Gasteiger partial charge in [0.25, 0.3) is 0 Å². The molecule has 17 heavy (non-hydrogen) atoms. The van der Waals surface area contributed by atoms with Crippen molar-refractivity contribution in [2.75, 3.05) is 11.9 Å². The molecule has 1 unspecified atom stereocenters. The Bertz CT molecular complexity index is 451. The number of rotatable bonds is 4. The maximum atomic E-state index is 11.6. The van der Waals surface area contributed by atoms with E-state index in [1.54, 1.807) is 12.1 Å². The summed E-state index contributed by atoms with van der Waals surface area (Å²) in [5.74, 6) is 2.35. The average Bonchev–Trinajstić information content (AvgIpc) is 2.30. The molecule has 0 bridgehead atoms. The van der Waals surface area contributed by atoms with Crippen LogP contribution >= 0.6 is 11.6 Å². The van der Waals surface area contributed by atoms with Crippen LogP contribution in [0.15, 0.2) is 18.2 Å². The second kappa shape index (κ2) is 6.29. The molecule has 0 heterocycles. The lowest BCUT2D eigenvalue weighted by Crippen LogP contribution is -2.33. The molecule has 90 valence electrons. The van der Waals surface area contributed by atoms with E-state index in [1.165, 1.54) is 0 Å². The normalized spacial score (nSPS) is 11.6. The summed E-state index contributed by atoms with van der Waals surface area (Å²) in [7, 11) is 0. The Balaban J connectivity index is 2.57. The fourth-order valence-electron chi connectivity index (χ4n) is 1.23. The van der Waals surface area contributed by atoms with Crippen LogP contribution in [0.1, 0.15) is 12.5 Å². The molecule has 0 aliphatic carbocycles. The SMILES string of the molecule is C#CC(C)NCC(=O)Nc1cc(Cl)ccc1C. The fourth-order valence-corrected chi connectivity index (χ4v) is 1.40.